The van der Waals surface area contributed by atoms with E-state index in [-0.39, 0.29) is 11.5 Å². The molecule has 2 rings (SSSR count). The maximum atomic E-state index is 12.1. The van der Waals surface area contributed by atoms with Gasteiger partial charge in [-0.1, -0.05) is 34.9 Å². The molecule has 0 spiro atoms. The highest BCUT2D eigenvalue weighted by molar-refractivity contribution is 6.35. The van der Waals surface area contributed by atoms with Crippen molar-refractivity contribution in [1.82, 2.24) is 5.32 Å². The van der Waals surface area contributed by atoms with Crippen LogP contribution in [0.4, 0.5) is 0 Å². The van der Waals surface area contributed by atoms with E-state index in [4.69, 9.17) is 27.9 Å². The largest absolute Gasteiger partial charge is 0.449 e. The Morgan fingerprint density at radius 2 is 1.92 bits per heavy atom. The Hall–Kier alpha value is -1.52. The van der Waals surface area contributed by atoms with E-state index >= 15 is 0 Å². The van der Waals surface area contributed by atoms with Crippen LogP contribution in [-0.2, 0) is 9.53 Å². The molecule has 1 N–H and O–H groups in total. The molecule has 0 aromatic heterocycles. The molecule has 0 heterocycles. The number of allylic oxidation sites excluding steroid dienone is 1. The van der Waals surface area contributed by atoms with Gasteiger partial charge in [-0.3, -0.25) is 4.79 Å². The second-order valence-corrected chi connectivity index (χ2v) is 6.73. The quantitative estimate of drug-likeness (QED) is 0.591. The van der Waals surface area contributed by atoms with Crippen molar-refractivity contribution in [2.75, 3.05) is 6.54 Å². The highest BCUT2D eigenvalue weighted by atomic mass is 35.5. The lowest BCUT2D eigenvalue weighted by atomic mass is 9.97. The van der Waals surface area contributed by atoms with Crippen LogP contribution in [0.2, 0.25) is 10.0 Å². The Kier molecular flexibility index (Phi) is 7.13. The summed E-state index contributed by atoms with van der Waals surface area (Å²) in [6, 6.07) is 4.43. The molecule has 1 aliphatic carbocycles. The molecule has 4 nitrogen and oxygen atoms in total. The first-order valence-electron chi connectivity index (χ1n) is 8.08. The zero-order valence-electron chi connectivity index (χ0n) is 13.6. The fraction of sp³-hybridized carbons (Fsp3) is 0.444. The number of amides is 1. The fourth-order valence-corrected chi connectivity index (χ4v) is 3.10. The predicted octanol–water partition coefficient (Wildman–Crippen LogP) is 4.55. The molecule has 0 unspecified atom stereocenters. The Morgan fingerprint density at radius 1 is 1.21 bits per heavy atom. The minimum atomic E-state index is -0.879. The first-order chi connectivity index (χ1) is 11.5. The summed E-state index contributed by atoms with van der Waals surface area (Å²) in [6.07, 6.45) is 6.91. The van der Waals surface area contributed by atoms with Crippen LogP contribution >= 0.6 is 23.2 Å². The molecule has 1 aromatic rings. The summed E-state index contributed by atoms with van der Waals surface area (Å²) in [5.41, 5.74) is 1.61. The van der Waals surface area contributed by atoms with Crippen molar-refractivity contribution in [3.63, 3.8) is 0 Å². The van der Waals surface area contributed by atoms with E-state index in [0.29, 0.717) is 16.6 Å². The summed E-state index contributed by atoms with van der Waals surface area (Å²) >= 11 is 11.7. The summed E-state index contributed by atoms with van der Waals surface area (Å²) in [4.78, 5) is 24.1. The number of carbonyl (C=O) groups is 2. The summed E-state index contributed by atoms with van der Waals surface area (Å²) < 4.78 is 5.17. The van der Waals surface area contributed by atoms with E-state index in [1.807, 2.05) is 0 Å². The number of rotatable bonds is 6. The average molecular weight is 370 g/mol. The monoisotopic (exact) mass is 369 g/mol. The van der Waals surface area contributed by atoms with Gasteiger partial charge in [0.1, 0.15) is 0 Å². The Bertz CT molecular complexity index is 623. The van der Waals surface area contributed by atoms with Crippen LogP contribution in [0.3, 0.4) is 0 Å². The number of esters is 1. The fourth-order valence-electron chi connectivity index (χ4n) is 2.58. The second-order valence-electron chi connectivity index (χ2n) is 5.85. The van der Waals surface area contributed by atoms with Gasteiger partial charge >= 0.3 is 5.97 Å². The molecule has 130 valence electrons. The van der Waals surface area contributed by atoms with E-state index in [2.05, 4.69) is 11.4 Å². The third kappa shape index (κ3) is 5.84. The highest BCUT2D eigenvalue weighted by Gasteiger charge is 2.19. The standard InChI is InChI=1S/C18H21Cl2NO3/c1-12(17(22)21-8-7-13-5-3-2-4-6-13)24-18(23)14-9-15(19)11-16(20)10-14/h5,9-12H,2-4,6-8H2,1H3,(H,21,22)/t12-/m0/s1. The first-order valence-corrected chi connectivity index (χ1v) is 8.84. The Labute approximate surface area is 152 Å². The van der Waals surface area contributed by atoms with Crippen molar-refractivity contribution in [3.8, 4) is 0 Å². The summed E-state index contributed by atoms with van der Waals surface area (Å²) in [7, 11) is 0. The summed E-state index contributed by atoms with van der Waals surface area (Å²) in [6.45, 7) is 2.09. The molecule has 1 amide bonds. The molecule has 0 saturated carbocycles. The van der Waals surface area contributed by atoms with Gasteiger partial charge in [-0.25, -0.2) is 4.79 Å². The van der Waals surface area contributed by atoms with E-state index < -0.39 is 12.1 Å². The number of nitrogens with one attached hydrogen (secondary N) is 1. The van der Waals surface area contributed by atoms with Crippen LogP contribution in [0.5, 0.6) is 0 Å². The van der Waals surface area contributed by atoms with Crippen molar-refractivity contribution in [1.29, 1.82) is 0 Å². The van der Waals surface area contributed by atoms with Gasteiger partial charge in [0, 0.05) is 16.6 Å². The van der Waals surface area contributed by atoms with Crippen molar-refractivity contribution < 1.29 is 14.3 Å². The number of ether oxygens (including phenoxy) is 1. The number of carbonyl (C=O) groups excluding carboxylic acids is 2. The molecule has 0 fully saturated rings. The zero-order chi connectivity index (χ0) is 17.5. The van der Waals surface area contributed by atoms with Gasteiger partial charge in [0.2, 0.25) is 0 Å². The topological polar surface area (TPSA) is 55.4 Å². The molecule has 1 aromatic carbocycles. The number of hydrogen-bond donors (Lipinski definition) is 1. The van der Waals surface area contributed by atoms with Gasteiger partial charge in [0.05, 0.1) is 5.56 Å². The van der Waals surface area contributed by atoms with Gasteiger partial charge < -0.3 is 10.1 Å². The minimum absolute atomic E-state index is 0.222. The minimum Gasteiger partial charge on any atom is -0.449 e. The summed E-state index contributed by atoms with van der Waals surface area (Å²) in [5, 5.41) is 3.48. The van der Waals surface area contributed by atoms with Crippen molar-refractivity contribution in [2.24, 2.45) is 0 Å². The van der Waals surface area contributed by atoms with Crippen molar-refractivity contribution in [3.05, 3.63) is 45.5 Å². The molecule has 1 atom stereocenters. The second kappa shape index (κ2) is 9.09. The highest BCUT2D eigenvalue weighted by Crippen LogP contribution is 2.20. The smallest absolute Gasteiger partial charge is 0.339 e. The van der Waals surface area contributed by atoms with Crippen LogP contribution in [0.15, 0.2) is 29.8 Å². The zero-order valence-corrected chi connectivity index (χ0v) is 15.1. The lowest BCUT2D eigenvalue weighted by molar-refractivity contribution is -0.129. The van der Waals surface area contributed by atoms with E-state index in [9.17, 15) is 9.59 Å². The maximum Gasteiger partial charge on any atom is 0.339 e. The van der Waals surface area contributed by atoms with Crippen LogP contribution < -0.4 is 5.32 Å². The van der Waals surface area contributed by atoms with Crippen LogP contribution in [-0.4, -0.2) is 24.5 Å². The SMILES string of the molecule is C[C@H](OC(=O)c1cc(Cl)cc(Cl)c1)C(=O)NCCC1=CCCCC1. The lowest BCUT2D eigenvalue weighted by Crippen LogP contribution is -2.36. The van der Waals surface area contributed by atoms with Gasteiger partial charge in [0.25, 0.3) is 5.91 Å². The Balaban J connectivity index is 1.80. The van der Waals surface area contributed by atoms with Crippen LogP contribution in [0, 0.1) is 0 Å². The molecular weight excluding hydrogens is 349 g/mol. The van der Waals surface area contributed by atoms with Gasteiger partial charge in [-0.2, -0.15) is 0 Å². The average Bonchev–Trinajstić information content (AvgIpc) is 2.54. The third-order valence-corrected chi connectivity index (χ3v) is 4.32. The first kappa shape index (κ1) is 18.8. The number of halogens is 2. The molecule has 1 aliphatic rings. The predicted molar refractivity (Wildman–Crippen MR) is 95.5 cm³/mol. The van der Waals surface area contributed by atoms with Crippen molar-refractivity contribution >= 4 is 35.1 Å². The number of benzene rings is 1. The summed E-state index contributed by atoms with van der Waals surface area (Å²) in [5.74, 6) is -0.940. The van der Waals surface area contributed by atoms with Crippen LogP contribution in [0.1, 0.15) is 49.4 Å². The lowest BCUT2D eigenvalue weighted by Gasteiger charge is -2.15. The van der Waals surface area contributed by atoms with Crippen LogP contribution in [0.25, 0.3) is 0 Å². The molecule has 0 aliphatic heterocycles. The van der Waals surface area contributed by atoms with E-state index in [1.54, 1.807) is 6.92 Å². The molecule has 0 bridgehead atoms. The molecule has 24 heavy (non-hydrogen) atoms. The molecule has 6 heteroatoms. The Morgan fingerprint density at radius 3 is 2.54 bits per heavy atom. The van der Waals surface area contributed by atoms with E-state index in [1.165, 1.54) is 36.6 Å². The maximum absolute atomic E-state index is 12.1. The molecule has 0 saturated heterocycles. The van der Waals surface area contributed by atoms with Crippen molar-refractivity contribution in [2.45, 2.75) is 45.1 Å². The van der Waals surface area contributed by atoms with E-state index in [0.717, 1.165) is 19.3 Å². The van der Waals surface area contributed by atoms with Gasteiger partial charge in [0.15, 0.2) is 6.10 Å². The molecular formula is C18H21Cl2NO3. The van der Waals surface area contributed by atoms with Gasteiger partial charge in [-0.05, 0) is 57.2 Å². The third-order valence-electron chi connectivity index (χ3n) is 3.88. The normalized spacial score (nSPS) is 15.4. The van der Waals surface area contributed by atoms with Gasteiger partial charge in [-0.15, -0.1) is 0 Å². The number of hydrogen-bond acceptors (Lipinski definition) is 3. The molecule has 0 radical (unpaired) electrons.